The number of hydrogen-bond acceptors (Lipinski definition) is 5. The maximum absolute atomic E-state index is 13.2. The molecule has 4 N–H and O–H groups in total. The molecule has 0 bridgehead atoms. The number of carbonyl (C=O) groups is 3. The first-order valence-corrected chi connectivity index (χ1v) is 13.2. The molecule has 36 heavy (non-hydrogen) atoms. The van der Waals surface area contributed by atoms with Crippen molar-refractivity contribution in [1.82, 2.24) is 16.0 Å². The number of aromatic hydroxyl groups is 1. The van der Waals surface area contributed by atoms with Gasteiger partial charge in [0, 0.05) is 13.0 Å². The Labute approximate surface area is 215 Å². The lowest BCUT2D eigenvalue weighted by Gasteiger charge is -2.25. The first-order valence-electron chi connectivity index (χ1n) is 13.2. The molecule has 0 aliphatic heterocycles. The monoisotopic (exact) mass is 503 g/mol. The molecule has 1 fully saturated rings. The van der Waals surface area contributed by atoms with Gasteiger partial charge in [-0.25, -0.2) is 4.79 Å². The fourth-order valence-electron chi connectivity index (χ4n) is 4.77. The molecular formula is C28H45N3O5. The van der Waals surface area contributed by atoms with Crippen molar-refractivity contribution in [1.29, 1.82) is 0 Å². The first-order chi connectivity index (χ1) is 16.9. The first kappa shape index (κ1) is 29.5. The van der Waals surface area contributed by atoms with E-state index in [1.807, 2.05) is 13.8 Å². The molecule has 2 rings (SSSR count). The number of alkyl carbamates (subject to hydrolysis) is 1. The number of phenolic OH excluding ortho intramolecular Hbond substituents is 1. The van der Waals surface area contributed by atoms with Gasteiger partial charge in [0.15, 0.2) is 0 Å². The van der Waals surface area contributed by atoms with E-state index in [2.05, 4.69) is 16.0 Å². The Morgan fingerprint density at radius 2 is 1.64 bits per heavy atom. The van der Waals surface area contributed by atoms with E-state index in [1.165, 1.54) is 32.1 Å². The number of ether oxygens (including phenoxy) is 1. The van der Waals surface area contributed by atoms with E-state index >= 15 is 0 Å². The minimum absolute atomic E-state index is 0.142. The topological polar surface area (TPSA) is 117 Å². The third-order valence-corrected chi connectivity index (χ3v) is 6.66. The molecule has 0 aromatic heterocycles. The van der Waals surface area contributed by atoms with Crippen LogP contribution in [0.1, 0.15) is 89.3 Å². The molecule has 1 aromatic rings. The number of hydrogen-bond donors (Lipinski definition) is 4. The molecule has 8 heteroatoms. The van der Waals surface area contributed by atoms with E-state index in [9.17, 15) is 19.5 Å². The Morgan fingerprint density at radius 1 is 1.03 bits per heavy atom. The summed E-state index contributed by atoms with van der Waals surface area (Å²) in [6.07, 6.45) is 8.05. The Hall–Kier alpha value is -2.77. The van der Waals surface area contributed by atoms with Crippen LogP contribution in [0.3, 0.4) is 0 Å². The van der Waals surface area contributed by atoms with E-state index in [0.717, 1.165) is 35.4 Å². The number of nitrogens with one attached hydrogen (secondary N) is 3. The second-order valence-corrected chi connectivity index (χ2v) is 11.1. The second-order valence-electron chi connectivity index (χ2n) is 11.1. The van der Waals surface area contributed by atoms with Gasteiger partial charge in [-0.2, -0.15) is 0 Å². The summed E-state index contributed by atoms with van der Waals surface area (Å²) >= 11 is 0. The number of phenols is 1. The lowest BCUT2D eigenvalue weighted by molar-refractivity contribution is -0.129. The molecule has 202 valence electrons. The van der Waals surface area contributed by atoms with Crippen LogP contribution in [0.5, 0.6) is 5.75 Å². The highest BCUT2D eigenvalue weighted by Gasteiger charge is 2.28. The minimum Gasteiger partial charge on any atom is -0.508 e. The van der Waals surface area contributed by atoms with Crippen LogP contribution >= 0.6 is 0 Å². The smallest absolute Gasteiger partial charge is 0.408 e. The summed E-state index contributed by atoms with van der Waals surface area (Å²) in [4.78, 5) is 38.3. The molecule has 0 saturated heterocycles. The Kier molecular flexibility index (Phi) is 11.1. The fraction of sp³-hybridized carbons (Fsp3) is 0.679. The van der Waals surface area contributed by atoms with Gasteiger partial charge in [0.05, 0.1) is 0 Å². The molecule has 3 amide bonds. The van der Waals surface area contributed by atoms with E-state index < -0.39 is 29.7 Å². The number of aryl methyl sites for hydroxylation is 2. The van der Waals surface area contributed by atoms with Crippen molar-refractivity contribution in [3.8, 4) is 5.75 Å². The van der Waals surface area contributed by atoms with Crippen molar-refractivity contribution in [2.24, 2.45) is 5.92 Å². The van der Waals surface area contributed by atoms with Gasteiger partial charge < -0.3 is 25.8 Å². The van der Waals surface area contributed by atoms with Gasteiger partial charge in [-0.1, -0.05) is 32.1 Å². The van der Waals surface area contributed by atoms with Crippen LogP contribution in [0.2, 0.25) is 0 Å². The van der Waals surface area contributed by atoms with E-state index in [-0.39, 0.29) is 18.1 Å². The predicted octanol–water partition coefficient (Wildman–Crippen LogP) is 4.43. The highest BCUT2D eigenvalue weighted by molar-refractivity contribution is 5.91. The predicted molar refractivity (Wildman–Crippen MR) is 141 cm³/mol. The highest BCUT2D eigenvalue weighted by Crippen LogP contribution is 2.27. The second kappa shape index (κ2) is 13.5. The average molecular weight is 504 g/mol. The quantitative estimate of drug-likeness (QED) is 0.353. The van der Waals surface area contributed by atoms with Crippen molar-refractivity contribution < 1.29 is 24.2 Å². The zero-order chi connectivity index (χ0) is 26.9. The van der Waals surface area contributed by atoms with Crippen LogP contribution in [0.4, 0.5) is 4.79 Å². The third-order valence-electron chi connectivity index (χ3n) is 6.66. The van der Waals surface area contributed by atoms with Gasteiger partial charge >= 0.3 is 6.09 Å². The summed E-state index contributed by atoms with van der Waals surface area (Å²) < 4.78 is 5.35. The molecule has 0 radical (unpaired) electrons. The largest absolute Gasteiger partial charge is 0.508 e. The zero-order valence-corrected chi connectivity index (χ0v) is 22.8. The van der Waals surface area contributed by atoms with Crippen LogP contribution in [-0.4, -0.2) is 47.2 Å². The van der Waals surface area contributed by atoms with Crippen LogP contribution in [0, 0.1) is 19.8 Å². The minimum atomic E-state index is -0.955. The van der Waals surface area contributed by atoms with Crippen molar-refractivity contribution >= 4 is 17.9 Å². The summed E-state index contributed by atoms with van der Waals surface area (Å²) in [5.74, 6) is 0.181. The van der Waals surface area contributed by atoms with Gasteiger partial charge in [-0.05, 0) is 89.1 Å². The van der Waals surface area contributed by atoms with E-state index in [1.54, 1.807) is 39.8 Å². The lowest BCUT2D eigenvalue weighted by Crippen LogP contribution is -2.54. The maximum Gasteiger partial charge on any atom is 0.408 e. The van der Waals surface area contributed by atoms with Crippen LogP contribution < -0.4 is 16.0 Å². The van der Waals surface area contributed by atoms with Gasteiger partial charge in [0.1, 0.15) is 23.4 Å². The Bertz CT molecular complexity index is 880. The average Bonchev–Trinajstić information content (AvgIpc) is 2.77. The van der Waals surface area contributed by atoms with Gasteiger partial charge in [-0.3, -0.25) is 9.59 Å². The normalized spacial score (nSPS) is 16.1. The van der Waals surface area contributed by atoms with Crippen LogP contribution in [0.25, 0.3) is 0 Å². The Morgan fingerprint density at radius 3 is 2.22 bits per heavy atom. The SMILES string of the molecule is Cc1cc(O)cc(C)c1C[C@H](NC(=O)OC(C)(C)C)C(=O)N[C@H](C)C(=O)NCCCC1CCCCC1. The van der Waals surface area contributed by atoms with E-state index in [4.69, 9.17) is 4.74 Å². The molecule has 8 nitrogen and oxygen atoms in total. The summed E-state index contributed by atoms with van der Waals surface area (Å²) in [6.45, 7) is 11.1. The van der Waals surface area contributed by atoms with Crippen LogP contribution in [-0.2, 0) is 20.7 Å². The van der Waals surface area contributed by atoms with Crippen LogP contribution in [0.15, 0.2) is 12.1 Å². The number of rotatable bonds is 10. The maximum atomic E-state index is 13.2. The van der Waals surface area contributed by atoms with Gasteiger partial charge in [0.2, 0.25) is 11.8 Å². The third kappa shape index (κ3) is 10.1. The fourth-order valence-corrected chi connectivity index (χ4v) is 4.77. The molecular weight excluding hydrogens is 458 g/mol. The zero-order valence-electron chi connectivity index (χ0n) is 22.8. The molecule has 1 aliphatic carbocycles. The number of benzene rings is 1. The molecule has 1 saturated carbocycles. The number of carbonyl (C=O) groups excluding carboxylic acids is 3. The lowest BCUT2D eigenvalue weighted by atomic mass is 9.86. The summed E-state index contributed by atoms with van der Waals surface area (Å²) in [5, 5.41) is 18.2. The molecule has 0 unspecified atom stereocenters. The molecule has 1 aliphatic rings. The van der Waals surface area contributed by atoms with Gasteiger partial charge in [0.25, 0.3) is 0 Å². The van der Waals surface area contributed by atoms with Crippen molar-refractivity contribution in [2.75, 3.05) is 6.54 Å². The van der Waals surface area contributed by atoms with Crippen molar-refractivity contribution in [3.05, 3.63) is 28.8 Å². The summed E-state index contributed by atoms with van der Waals surface area (Å²) in [7, 11) is 0. The molecule has 0 heterocycles. The number of amides is 3. The summed E-state index contributed by atoms with van der Waals surface area (Å²) in [6, 6.07) is 1.53. The molecule has 2 atom stereocenters. The van der Waals surface area contributed by atoms with Crippen molar-refractivity contribution in [3.63, 3.8) is 0 Å². The standard InChI is InChI=1S/C28H45N3O5/c1-18-15-22(32)16-19(2)23(18)17-24(31-27(35)36-28(4,5)6)26(34)30-20(3)25(33)29-14-10-13-21-11-8-7-9-12-21/h15-16,20-21,24,32H,7-14,17H2,1-6H3,(H,29,33)(H,30,34)(H,31,35)/t20-,24+/m1/s1. The van der Waals surface area contributed by atoms with Crippen molar-refractivity contribution in [2.45, 2.75) is 111 Å². The summed E-state index contributed by atoms with van der Waals surface area (Å²) in [5.41, 5.74) is 1.73. The molecule has 1 aromatic carbocycles. The Balaban J connectivity index is 1.98. The van der Waals surface area contributed by atoms with E-state index in [0.29, 0.717) is 6.54 Å². The van der Waals surface area contributed by atoms with Gasteiger partial charge in [-0.15, -0.1) is 0 Å². The highest BCUT2D eigenvalue weighted by atomic mass is 16.6. The molecule has 0 spiro atoms.